The third-order valence-corrected chi connectivity index (χ3v) is 5.17. The lowest BCUT2D eigenvalue weighted by atomic mass is 10.2. The normalized spacial score (nSPS) is 24.2. The van der Waals surface area contributed by atoms with E-state index in [1.165, 1.54) is 25.1 Å². The molecule has 2 aliphatic rings. The summed E-state index contributed by atoms with van der Waals surface area (Å²) in [6, 6.07) is 11.1. The van der Waals surface area contributed by atoms with Crippen molar-refractivity contribution in [1.82, 2.24) is 19.8 Å². The first kappa shape index (κ1) is 15.8. The van der Waals surface area contributed by atoms with Gasteiger partial charge in [0.15, 0.2) is 0 Å². The molecule has 0 aliphatic carbocycles. The standard InChI is InChI=1S/C19H26N4O/c1-15-21-11-18(23(15)16-6-3-2-4-7-16)10-20-12-19-13-22-9-5-8-17(22)14-24-19/h2-4,6-7,11,17,19-20H,5,8-10,12-14H2,1H3/t17-,19+/m1/s1. The Morgan fingerprint density at radius 2 is 2.17 bits per heavy atom. The summed E-state index contributed by atoms with van der Waals surface area (Å²) in [5, 5.41) is 3.56. The molecule has 0 bridgehead atoms. The second kappa shape index (κ2) is 7.05. The predicted octanol–water partition coefficient (Wildman–Crippen LogP) is 2.13. The van der Waals surface area contributed by atoms with Gasteiger partial charge in [0.1, 0.15) is 5.82 Å². The van der Waals surface area contributed by atoms with E-state index in [0.29, 0.717) is 12.1 Å². The zero-order valence-electron chi connectivity index (χ0n) is 14.3. The lowest BCUT2D eigenvalue weighted by Crippen LogP contribution is -2.49. The van der Waals surface area contributed by atoms with Crippen molar-refractivity contribution >= 4 is 0 Å². The molecule has 1 aromatic heterocycles. The molecule has 2 aromatic rings. The molecule has 2 fully saturated rings. The summed E-state index contributed by atoms with van der Waals surface area (Å²) >= 11 is 0. The number of aromatic nitrogens is 2. The highest BCUT2D eigenvalue weighted by Crippen LogP contribution is 2.22. The van der Waals surface area contributed by atoms with Crippen molar-refractivity contribution in [3.8, 4) is 5.69 Å². The highest BCUT2D eigenvalue weighted by atomic mass is 16.5. The van der Waals surface area contributed by atoms with Crippen molar-refractivity contribution in [3.63, 3.8) is 0 Å². The van der Waals surface area contributed by atoms with Crippen LogP contribution in [0.4, 0.5) is 0 Å². The van der Waals surface area contributed by atoms with Crippen LogP contribution >= 0.6 is 0 Å². The first-order valence-electron chi connectivity index (χ1n) is 8.96. The minimum Gasteiger partial charge on any atom is -0.374 e. The van der Waals surface area contributed by atoms with Crippen LogP contribution in [-0.4, -0.2) is 52.8 Å². The molecule has 4 rings (SSSR count). The Balaban J connectivity index is 1.35. The quantitative estimate of drug-likeness (QED) is 0.914. The Morgan fingerprint density at radius 3 is 3.04 bits per heavy atom. The first-order valence-corrected chi connectivity index (χ1v) is 8.96. The van der Waals surface area contributed by atoms with Crippen LogP contribution in [0.5, 0.6) is 0 Å². The van der Waals surface area contributed by atoms with E-state index in [9.17, 15) is 0 Å². The third kappa shape index (κ3) is 3.24. The molecule has 0 amide bonds. The SMILES string of the molecule is Cc1ncc(CNC[C@H]2CN3CCC[C@@H]3CO2)n1-c1ccccc1. The lowest BCUT2D eigenvalue weighted by Gasteiger charge is -2.35. The van der Waals surface area contributed by atoms with Gasteiger partial charge in [-0.3, -0.25) is 9.47 Å². The fraction of sp³-hybridized carbons (Fsp3) is 0.526. The number of hydrogen-bond donors (Lipinski definition) is 1. The molecule has 0 saturated carbocycles. The van der Waals surface area contributed by atoms with Crippen molar-refractivity contribution in [2.75, 3.05) is 26.2 Å². The van der Waals surface area contributed by atoms with Gasteiger partial charge in [0.25, 0.3) is 0 Å². The maximum Gasteiger partial charge on any atom is 0.110 e. The molecule has 2 atom stereocenters. The molecular weight excluding hydrogens is 300 g/mol. The predicted molar refractivity (Wildman–Crippen MR) is 94.3 cm³/mol. The maximum absolute atomic E-state index is 6.02. The fourth-order valence-corrected chi connectivity index (χ4v) is 3.92. The topological polar surface area (TPSA) is 42.3 Å². The van der Waals surface area contributed by atoms with Gasteiger partial charge in [-0.15, -0.1) is 0 Å². The fourth-order valence-electron chi connectivity index (χ4n) is 3.92. The van der Waals surface area contributed by atoms with Gasteiger partial charge in [-0.05, 0) is 38.4 Å². The number of aryl methyl sites for hydroxylation is 1. The van der Waals surface area contributed by atoms with Gasteiger partial charge in [0, 0.05) is 31.4 Å². The van der Waals surface area contributed by atoms with E-state index in [1.807, 2.05) is 19.2 Å². The zero-order valence-corrected chi connectivity index (χ0v) is 14.3. The van der Waals surface area contributed by atoms with Gasteiger partial charge in [-0.1, -0.05) is 18.2 Å². The summed E-state index contributed by atoms with van der Waals surface area (Å²) in [7, 11) is 0. The van der Waals surface area contributed by atoms with Crippen LogP contribution in [0.3, 0.4) is 0 Å². The number of imidazole rings is 1. The summed E-state index contributed by atoms with van der Waals surface area (Å²) in [6.45, 7) is 6.95. The molecule has 1 N–H and O–H groups in total. The number of fused-ring (bicyclic) bond motifs is 1. The van der Waals surface area contributed by atoms with Gasteiger partial charge in [-0.25, -0.2) is 4.98 Å². The van der Waals surface area contributed by atoms with Crippen LogP contribution in [0.25, 0.3) is 5.69 Å². The summed E-state index contributed by atoms with van der Waals surface area (Å²) < 4.78 is 8.24. The van der Waals surface area contributed by atoms with Crippen molar-refractivity contribution in [2.45, 2.75) is 38.5 Å². The van der Waals surface area contributed by atoms with Crippen LogP contribution in [-0.2, 0) is 11.3 Å². The minimum atomic E-state index is 0.300. The number of hydrogen-bond acceptors (Lipinski definition) is 4. The van der Waals surface area contributed by atoms with Crippen LogP contribution in [0.2, 0.25) is 0 Å². The molecule has 0 radical (unpaired) electrons. The van der Waals surface area contributed by atoms with E-state index in [0.717, 1.165) is 37.8 Å². The number of para-hydroxylation sites is 1. The summed E-state index contributed by atoms with van der Waals surface area (Å²) in [4.78, 5) is 7.08. The van der Waals surface area contributed by atoms with E-state index in [2.05, 4.69) is 44.0 Å². The number of morpholine rings is 1. The Labute approximate surface area is 143 Å². The van der Waals surface area contributed by atoms with E-state index >= 15 is 0 Å². The molecule has 2 saturated heterocycles. The average Bonchev–Trinajstić information content (AvgIpc) is 3.22. The van der Waals surface area contributed by atoms with Crippen molar-refractivity contribution in [2.24, 2.45) is 0 Å². The molecule has 5 nitrogen and oxygen atoms in total. The molecule has 24 heavy (non-hydrogen) atoms. The Kier molecular flexibility index (Phi) is 4.65. The number of rotatable bonds is 5. The lowest BCUT2D eigenvalue weighted by molar-refractivity contribution is -0.0470. The molecule has 128 valence electrons. The van der Waals surface area contributed by atoms with Crippen LogP contribution in [0.1, 0.15) is 24.4 Å². The third-order valence-electron chi connectivity index (χ3n) is 5.17. The van der Waals surface area contributed by atoms with Crippen molar-refractivity contribution in [3.05, 3.63) is 48.0 Å². The van der Waals surface area contributed by atoms with E-state index in [1.54, 1.807) is 0 Å². The van der Waals surface area contributed by atoms with Gasteiger partial charge >= 0.3 is 0 Å². The zero-order chi connectivity index (χ0) is 16.4. The minimum absolute atomic E-state index is 0.300. The van der Waals surface area contributed by atoms with Crippen LogP contribution < -0.4 is 5.32 Å². The van der Waals surface area contributed by atoms with Gasteiger partial charge in [0.05, 0.1) is 24.6 Å². The average molecular weight is 326 g/mol. The van der Waals surface area contributed by atoms with Crippen LogP contribution in [0, 0.1) is 6.92 Å². The smallest absolute Gasteiger partial charge is 0.110 e. The molecule has 5 heteroatoms. The highest BCUT2D eigenvalue weighted by molar-refractivity contribution is 5.35. The maximum atomic E-state index is 6.02. The second-order valence-electron chi connectivity index (χ2n) is 6.84. The number of benzene rings is 1. The van der Waals surface area contributed by atoms with Crippen molar-refractivity contribution in [1.29, 1.82) is 0 Å². The Hall–Kier alpha value is -1.69. The van der Waals surface area contributed by atoms with E-state index < -0.39 is 0 Å². The highest BCUT2D eigenvalue weighted by Gasteiger charge is 2.31. The van der Waals surface area contributed by atoms with Crippen molar-refractivity contribution < 1.29 is 4.74 Å². The first-order chi connectivity index (χ1) is 11.8. The Morgan fingerprint density at radius 1 is 1.29 bits per heavy atom. The van der Waals surface area contributed by atoms with E-state index in [4.69, 9.17) is 4.74 Å². The van der Waals surface area contributed by atoms with Gasteiger partial charge in [-0.2, -0.15) is 0 Å². The second-order valence-corrected chi connectivity index (χ2v) is 6.84. The molecule has 1 aromatic carbocycles. The number of nitrogens with one attached hydrogen (secondary N) is 1. The molecule has 3 heterocycles. The molecule has 0 unspecified atom stereocenters. The summed E-state index contributed by atoms with van der Waals surface area (Å²) in [5.41, 5.74) is 2.35. The largest absolute Gasteiger partial charge is 0.374 e. The van der Waals surface area contributed by atoms with Gasteiger partial charge < -0.3 is 10.1 Å². The Bertz CT molecular complexity index is 669. The number of nitrogens with zero attached hydrogens (tertiary/aromatic N) is 3. The summed E-state index contributed by atoms with van der Waals surface area (Å²) in [5.74, 6) is 1.02. The summed E-state index contributed by atoms with van der Waals surface area (Å²) in [6.07, 6.45) is 4.89. The number of ether oxygens (including phenoxy) is 1. The molecule has 2 aliphatic heterocycles. The molecule has 0 spiro atoms. The van der Waals surface area contributed by atoms with Gasteiger partial charge in [0.2, 0.25) is 0 Å². The molecular formula is C19H26N4O. The monoisotopic (exact) mass is 326 g/mol. The van der Waals surface area contributed by atoms with E-state index in [-0.39, 0.29) is 0 Å². The van der Waals surface area contributed by atoms with Crippen LogP contribution in [0.15, 0.2) is 36.5 Å².